The zero-order valence-corrected chi connectivity index (χ0v) is 27.8. The van der Waals surface area contributed by atoms with Crippen LogP contribution in [0.5, 0.6) is 0 Å². The maximum absolute atomic E-state index is 12.7. The molecule has 0 aliphatic heterocycles. The second-order valence-electron chi connectivity index (χ2n) is 10.8. The van der Waals surface area contributed by atoms with Crippen LogP contribution in [-0.4, -0.2) is 41.3 Å². The normalized spacial score (nSPS) is 12.0. The molecular weight excluding hydrogens is 707 g/mol. The van der Waals surface area contributed by atoms with Gasteiger partial charge in [-0.15, -0.1) is 15.3 Å². The van der Waals surface area contributed by atoms with Crippen molar-refractivity contribution in [1.29, 1.82) is 0 Å². The van der Waals surface area contributed by atoms with Gasteiger partial charge in [0.25, 0.3) is 5.22 Å². The number of nitrogens with zero attached hydrogens (tertiary/aromatic N) is 4. The second kappa shape index (κ2) is 14.9. The molecule has 4 aromatic carbocycles. The van der Waals surface area contributed by atoms with Crippen LogP contribution in [0.3, 0.4) is 0 Å². The van der Waals surface area contributed by atoms with Crippen molar-refractivity contribution >= 4 is 21.6 Å². The van der Waals surface area contributed by atoms with Crippen molar-refractivity contribution in [3.05, 3.63) is 130 Å². The number of halogens is 6. The molecule has 0 N–H and O–H groups in total. The van der Waals surface area contributed by atoms with E-state index in [-0.39, 0.29) is 5.89 Å². The van der Waals surface area contributed by atoms with Crippen molar-refractivity contribution in [2.24, 2.45) is 0 Å². The minimum Gasteiger partial charge on any atom is -0.411 e. The first-order chi connectivity index (χ1) is 23.6. The molecule has 2 heterocycles. The highest BCUT2D eigenvalue weighted by molar-refractivity contribution is 7.98. The lowest BCUT2D eigenvalue weighted by molar-refractivity contribution is -0.138. The molecule has 0 radical (unpaired) electrons. The lowest BCUT2D eigenvalue weighted by atomic mass is 9.99. The summed E-state index contributed by atoms with van der Waals surface area (Å²) >= 11 is 1.35. The van der Waals surface area contributed by atoms with Crippen molar-refractivity contribution in [3.8, 4) is 22.9 Å². The zero-order chi connectivity index (χ0) is 36.1. The first-order valence-electron chi connectivity index (χ1n) is 14.5. The monoisotopic (exact) mass is 732 g/mol. The summed E-state index contributed by atoms with van der Waals surface area (Å²) in [5.74, 6) is 0.440. The van der Waals surface area contributed by atoms with E-state index in [4.69, 9.17) is 8.83 Å². The summed E-state index contributed by atoms with van der Waals surface area (Å²) in [5, 5.41) is 15.2. The van der Waals surface area contributed by atoms with E-state index in [1.807, 2.05) is 30.5 Å². The van der Waals surface area contributed by atoms with Gasteiger partial charge in [-0.2, -0.15) is 26.3 Å². The van der Waals surface area contributed by atoms with Gasteiger partial charge in [0.2, 0.25) is 21.6 Å². The molecule has 0 fully saturated rings. The van der Waals surface area contributed by atoms with Crippen LogP contribution in [0.25, 0.3) is 22.9 Å². The summed E-state index contributed by atoms with van der Waals surface area (Å²) in [5.41, 5.74) is 3.00. The van der Waals surface area contributed by atoms with Crippen LogP contribution < -0.4 is 0 Å². The largest absolute Gasteiger partial charge is 0.416 e. The van der Waals surface area contributed by atoms with Crippen molar-refractivity contribution in [2.75, 3.05) is 12.5 Å². The van der Waals surface area contributed by atoms with Crippen LogP contribution in [0.4, 0.5) is 26.3 Å². The van der Waals surface area contributed by atoms with Crippen molar-refractivity contribution in [1.82, 2.24) is 20.4 Å². The molecule has 0 saturated heterocycles. The molecule has 6 aromatic rings. The van der Waals surface area contributed by atoms with Crippen LogP contribution in [0.2, 0.25) is 0 Å². The molecule has 50 heavy (non-hydrogen) atoms. The molecule has 0 aliphatic carbocycles. The summed E-state index contributed by atoms with van der Waals surface area (Å²) in [6, 6.07) is 24.4. The minimum atomic E-state index is -4.39. The van der Waals surface area contributed by atoms with E-state index in [1.54, 1.807) is 24.3 Å². The lowest BCUT2D eigenvalue weighted by Crippen LogP contribution is -2.04. The summed E-state index contributed by atoms with van der Waals surface area (Å²) < 4.78 is 110. The molecule has 0 atom stereocenters. The average Bonchev–Trinajstić information content (AvgIpc) is 3.76. The van der Waals surface area contributed by atoms with E-state index in [0.717, 1.165) is 52.8 Å². The van der Waals surface area contributed by atoms with Crippen molar-refractivity contribution in [2.45, 2.75) is 35.6 Å². The summed E-state index contributed by atoms with van der Waals surface area (Å²) in [6.45, 7) is 0. The summed E-state index contributed by atoms with van der Waals surface area (Å²) in [7, 11) is -3.63. The molecule has 6 rings (SSSR count). The number of alkyl halides is 6. The standard InChI is InChI=1S/C17H13F3N2O3S.C17H13F3N2OS/c1-26(23,24)16-22-21-15(25-16)14-5-3-2-4-12(14)10-11-6-8-13(9-7-11)17(18,19)20;1-24-16-22-21-15(23-16)14-5-3-2-4-12(14)10-11-6-8-13(9-7-11)17(18,19)20/h2-9H,10H2,1H3;2-9H,10H2,1H3. The van der Waals surface area contributed by atoms with Gasteiger partial charge in [-0.25, -0.2) is 8.42 Å². The van der Waals surface area contributed by atoms with Gasteiger partial charge in [0, 0.05) is 17.4 Å². The Morgan fingerprint density at radius 1 is 0.600 bits per heavy atom. The quantitative estimate of drug-likeness (QED) is 0.112. The Labute approximate surface area is 286 Å². The minimum absolute atomic E-state index is 0.0351. The van der Waals surface area contributed by atoms with E-state index in [2.05, 4.69) is 20.4 Å². The Hall–Kier alpha value is -4.96. The molecule has 8 nitrogen and oxygen atoms in total. The Morgan fingerprint density at radius 2 is 1.02 bits per heavy atom. The van der Waals surface area contributed by atoms with Gasteiger partial charge < -0.3 is 8.83 Å². The Bertz CT molecular complexity index is 2160. The Balaban J connectivity index is 0.000000195. The molecule has 0 bridgehead atoms. The third-order valence-corrected chi connectivity index (χ3v) is 8.47. The van der Waals surface area contributed by atoms with E-state index >= 15 is 0 Å². The fraction of sp³-hybridized carbons (Fsp3) is 0.176. The molecule has 0 saturated carbocycles. The highest BCUT2D eigenvalue weighted by Gasteiger charge is 2.31. The first-order valence-corrected chi connectivity index (χ1v) is 17.6. The highest BCUT2D eigenvalue weighted by Crippen LogP contribution is 2.32. The molecular formula is C34H26F6N4O4S2. The van der Waals surface area contributed by atoms with Crippen LogP contribution >= 0.6 is 11.8 Å². The highest BCUT2D eigenvalue weighted by atomic mass is 32.2. The van der Waals surface area contributed by atoms with Crippen molar-refractivity contribution in [3.63, 3.8) is 0 Å². The number of hydrogen-bond donors (Lipinski definition) is 0. The number of sulfone groups is 1. The number of hydrogen-bond acceptors (Lipinski definition) is 9. The van der Waals surface area contributed by atoms with Gasteiger partial charge in [-0.3, -0.25) is 0 Å². The summed E-state index contributed by atoms with van der Waals surface area (Å²) in [4.78, 5) is 0. The first kappa shape index (κ1) is 36.3. The smallest absolute Gasteiger partial charge is 0.411 e. The van der Waals surface area contributed by atoms with E-state index in [1.165, 1.54) is 36.0 Å². The molecule has 16 heteroatoms. The topological polar surface area (TPSA) is 112 Å². The third kappa shape index (κ3) is 9.18. The van der Waals surface area contributed by atoms with Gasteiger partial charge in [0.15, 0.2) is 0 Å². The fourth-order valence-corrected chi connectivity index (χ4v) is 5.40. The molecule has 2 aromatic heterocycles. The van der Waals surface area contributed by atoms with Gasteiger partial charge in [-0.05, 0) is 77.7 Å². The number of benzene rings is 4. The van der Waals surface area contributed by atoms with E-state index < -0.39 is 38.5 Å². The molecule has 0 spiro atoms. The second-order valence-corrected chi connectivity index (χ2v) is 13.4. The third-order valence-electron chi connectivity index (χ3n) is 7.15. The van der Waals surface area contributed by atoms with Gasteiger partial charge in [0.1, 0.15) is 0 Å². The molecule has 260 valence electrons. The predicted octanol–water partition coefficient (Wildman–Crippen LogP) is 8.82. The van der Waals surface area contributed by atoms with Crippen LogP contribution in [-0.2, 0) is 35.0 Å². The van der Waals surface area contributed by atoms with E-state index in [0.29, 0.717) is 35.1 Å². The Morgan fingerprint density at radius 3 is 1.40 bits per heavy atom. The average molecular weight is 733 g/mol. The predicted molar refractivity (Wildman–Crippen MR) is 173 cm³/mol. The van der Waals surface area contributed by atoms with Crippen molar-refractivity contribution < 1.29 is 43.6 Å². The van der Waals surface area contributed by atoms with Gasteiger partial charge in [-0.1, -0.05) is 77.5 Å². The van der Waals surface area contributed by atoms with Gasteiger partial charge >= 0.3 is 17.6 Å². The molecule has 0 amide bonds. The van der Waals surface area contributed by atoms with Crippen LogP contribution in [0, 0.1) is 0 Å². The maximum atomic E-state index is 12.7. The molecule has 0 unspecified atom stereocenters. The van der Waals surface area contributed by atoms with Crippen LogP contribution in [0.1, 0.15) is 33.4 Å². The fourth-order valence-electron chi connectivity index (χ4n) is 4.70. The Kier molecular flexibility index (Phi) is 10.8. The number of thioether (sulfide) groups is 1. The maximum Gasteiger partial charge on any atom is 0.416 e. The lowest BCUT2D eigenvalue weighted by Gasteiger charge is -2.09. The number of aromatic nitrogens is 4. The molecule has 0 aliphatic rings. The van der Waals surface area contributed by atoms with Gasteiger partial charge in [0.05, 0.1) is 11.1 Å². The zero-order valence-electron chi connectivity index (χ0n) is 26.2. The SMILES string of the molecule is CS(=O)(=O)c1nnc(-c2ccccc2Cc2ccc(C(F)(F)F)cc2)o1.CSc1nnc(-c2ccccc2Cc2ccc(C(F)(F)F)cc2)o1. The van der Waals surface area contributed by atoms with Crippen LogP contribution in [0.15, 0.2) is 116 Å². The van der Waals surface area contributed by atoms with E-state index in [9.17, 15) is 34.8 Å². The number of rotatable bonds is 8. The summed E-state index contributed by atoms with van der Waals surface area (Å²) in [6.07, 6.45) is -5.11.